The number of halogens is 1. The molecule has 0 unspecified atom stereocenters. The summed E-state index contributed by atoms with van der Waals surface area (Å²) in [6.07, 6.45) is 4.10. The van der Waals surface area contributed by atoms with Gasteiger partial charge in [0.1, 0.15) is 11.1 Å². The number of nitrogens with one attached hydrogen (secondary N) is 1. The summed E-state index contributed by atoms with van der Waals surface area (Å²) in [7, 11) is 0. The number of hydrogen-bond acceptors (Lipinski definition) is 8. The van der Waals surface area contributed by atoms with Crippen LogP contribution in [0.3, 0.4) is 0 Å². The number of pyridine rings is 1. The van der Waals surface area contributed by atoms with Gasteiger partial charge in [-0.05, 0) is 13.6 Å². The van der Waals surface area contributed by atoms with Crippen LogP contribution in [0, 0.1) is 5.92 Å². The Labute approximate surface area is 179 Å². The Hall–Kier alpha value is -2.88. The van der Waals surface area contributed by atoms with Gasteiger partial charge in [-0.15, -0.1) is 0 Å². The molecule has 1 fully saturated rings. The number of aliphatic hydroxyl groups is 1. The number of amides is 1. The summed E-state index contributed by atoms with van der Waals surface area (Å²) in [5, 5.41) is 13.3. The van der Waals surface area contributed by atoms with E-state index in [4.69, 9.17) is 27.5 Å². The SMILES string of the molecule is C=N/C=C(NC(=O)c1c(N)oc2cc(Cl)cnc12)\C(=C/C)N1C[C@@H](N)[C@H](O)[C@@H](C)C1. The number of aliphatic imine (C=N–C) groups is 1. The number of piperidine rings is 1. The molecule has 10 heteroatoms. The van der Waals surface area contributed by atoms with E-state index in [1.165, 1.54) is 18.5 Å². The molecule has 2 aromatic heterocycles. The van der Waals surface area contributed by atoms with Gasteiger partial charge in [-0.25, -0.2) is 0 Å². The summed E-state index contributed by atoms with van der Waals surface area (Å²) < 4.78 is 5.43. The van der Waals surface area contributed by atoms with E-state index in [0.29, 0.717) is 40.6 Å². The van der Waals surface area contributed by atoms with Crippen molar-refractivity contribution in [1.82, 2.24) is 15.2 Å². The first-order chi connectivity index (χ1) is 14.3. The van der Waals surface area contributed by atoms with Crippen LogP contribution in [0.1, 0.15) is 24.2 Å². The van der Waals surface area contributed by atoms with Crippen molar-refractivity contribution in [1.29, 1.82) is 0 Å². The summed E-state index contributed by atoms with van der Waals surface area (Å²) in [6, 6.07) is 1.12. The number of nitrogens with zero attached hydrogens (tertiary/aromatic N) is 3. The number of rotatable bonds is 5. The van der Waals surface area contributed by atoms with Gasteiger partial charge in [-0.2, -0.15) is 0 Å². The summed E-state index contributed by atoms with van der Waals surface area (Å²) in [5.41, 5.74) is 13.8. The number of carbonyl (C=O) groups excluding carboxylic acids is 1. The predicted octanol–water partition coefficient (Wildman–Crippen LogP) is 1.88. The summed E-state index contributed by atoms with van der Waals surface area (Å²) >= 11 is 5.93. The van der Waals surface area contributed by atoms with Crippen molar-refractivity contribution in [2.45, 2.75) is 26.0 Å². The number of hydrogen-bond donors (Lipinski definition) is 4. The van der Waals surface area contributed by atoms with Gasteiger partial charge >= 0.3 is 0 Å². The first-order valence-corrected chi connectivity index (χ1v) is 9.80. The largest absolute Gasteiger partial charge is 0.438 e. The fraction of sp³-hybridized carbons (Fsp3) is 0.350. The summed E-state index contributed by atoms with van der Waals surface area (Å²) in [4.78, 5) is 23.0. The third kappa shape index (κ3) is 4.18. The van der Waals surface area contributed by atoms with Crippen LogP contribution in [-0.4, -0.2) is 52.9 Å². The first kappa shape index (κ1) is 21.8. The monoisotopic (exact) mass is 432 g/mol. The highest BCUT2D eigenvalue weighted by Gasteiger charge is 2.33. The number of fused-ring (bicyclic) bond motifs is 1. The smallest absolute Gasteiger partial charge is 0.263 e. The Kier molecular flexibility index (Phi) is 6.45. The third-order valence-electron chi connectivity index (χ3n) is 5.07. The molecule has 3 rings (SSSR count). The predicted molar refractivity (Wildman–Crippen MR) is 117 cm³/mol. The molecule has 2 aromatic rings. The lowest BCUT2D eigenvalue weighted by Crippen LogP contribution is -2.55. The van der Waals surface area contributed by atoms with Crippen molar-refractivity contribution < 1.29 is 14.3 Å². The number of nitrogens with two attached hydrogens (primary N) is 2. The standard InChI is InChI=1S/C20H25ClN6O3/c1-4-14(27-8-10(2)18(28)12(22)9-27)13(7-24-3)26-20(29)16-17-15(30-19(16)23)5-11(21)6-25-17/h4-7,10,12,18,28H,3,8-9,22-23H2,1-2H3,(H,26,29)/b13-7+,14-4+/t10-,12+,18+/m0/s1. The van der Waals surface area contributed by atoms with E-state index in [0.717, 1.165) is 0 Å². The zero-order valence-electron chi connectivity index (χ0n) is 16.8. The maximum absolute atomic E-state index is 13.1. The molecule has 0 saturated carbocycles. The fourth-order valence-electron chi connectivity index (χ4n) is 3.65. The van der Waals surface area contributed by atoms with Gasteiger partial charge < -0.3 is 31.2 Å². The van der Waals surface area contributed by atoms with Crippen LogP contribution in [0.15, 0.2) is 45.3 Å². The first-order valence-electron chi connectivity index (χ1n) is 9.43. The van der Waals surface area contributed by atoms with Gasteiger partial charge in [0.05, 0.1) is 28.7 Å². The van der Waals surface area contributed by atoms with Crippen LogP contribution in [0.25, 0.3) is 11.1 Å². The molecule has 0 spiro atoms. The van der Waals surface area contributed by atoms with Gasteiger partial charge in [0, 0.05) is 37.3 Å². The van der Waals surface area contributed by atoms with E-state index < -0.39 is 18.1 Å². The minimum Gasteiger partial charge on any atom is -0.438 e. The van der Waals surface area contributed by atoms with E-state index in [1.54, 1.807) is 0 Å². The zero-order chi connectivity index (χ0) is 22.0. The Morgan fingerprint density at radius 3 is 2.90 bits per heavy atom. The molecule has 0 bridgehead atoms. The maximum atomic E-state index is 13.1. The Bertz CT molecular complexity index is 1020. The molecular formula is C20H25ClN6O3. The second-order valence-corrected chi connectivity index (χ2v) is 7.67. The van der Waals surface area contributed by atoms with Crippen LogP contribution >= 0.6 is 11.6 Å². The van der Waals surface area contributed by atoms with Crippen LogP contribution in [-0.2, 0) is 0 Å². The average Bonchev–Trinajstić information content (AvgIpc) is 3.01. The molecule has 1 amide bonds. The van der Waals surface area contributed by atoms with E-state index in [9.17, 15) is 9.90 Å². The number of aliphatic hydroxyl groups excluding tert-OH is 1. The minimum absolute atomic E-state index is 0.0419. The van der Waals surface area contributed by atoms with E-state index >= 15 is 0 Å². The highest BCUT2D eigenvalue weighted by atomic mass is 35.5. The van der Waals surface area contributed by atoms with E-state index in [-0.39, 0.29) is 17.4 Å². The second kappa shape index (κ2) is 8.86. The van der Waals surface area contributed by atoms with Gasteiger partial charge in [-0.1, -0.05) is 24.6 Å². The van der Waals surface area contributed by atoms with Gasteiger partial charge in [0.2, 0.25) is 5.88 Å². The van der Waals surface area contributed by atoms with Crippen molar-refractivity contribution in [2.75, 3.05) is 18.8 Å². The lowest BCUT2D eigenvalue weighted by molar-refractivity contribution is 0.0300. The lowest BCUT2D eigenvalue weighted by atomic mass is 9.92. The van der Waals surface area contributed by atoms with Crippen molar-refractivity contribution in [3.63, 3.8) is 0 Å². The highest BCUT2D eigenvalue weighted by Crippen LogP contribution is 2.29. The van der Waals surface area contributed by atoms with Crippen molar-refractivity contribution in [3.05, 3.63) is 46.5 Å². The zero-order valence-corrected chi connectivity index (χ0v) is 17.6. The molecule has 6 N–H and O–H groups in total. The van der Waals surface area contributed by atoms with Crippen LogP contribution in [0.4, 0.5) is 5.88 Å². The van der Waals surface area contributed by atoms with Crippen LogP contribution in [0.2, 0.25) is 5.02 Å². The van der Waals surface area contributed by atoms with Gasteiger partial charge in [-0.3, -0.25) is 14.8 Å². The molecule has 0 radical (unpaired) electrons. The number of allylic oxidation sites excluding steroid dienone is 1. The third-order valence-corrected chi connectivity index (χ3v) is 5.28. The van der Waals surface area contributed by atoms with Crippen LogP contribution < -0.4 is 16.8 Å². The number of carbonyl (C=O) groups is 1. The Morgan fingerprint density at radius 1 is 1.53 bits per heavy atom. The number of anilines is 1. The molecule has 1 aliphatic rings. The number of nitrogen functional groups attached to an aromatic ring is 1. The van der Waals surface area contributed by atoms with E-state index in [1.807, 2.05) is 24.8 Å². The summed E-state index contributed by atoms with van der Waals surface area (Å²) in [5.74, 6) is -0.619. The Balaban J connectivity index is 1.90. The normalized spacial score (nSPS) is 23.0. The average molecular weight is 433 g/mol. The second-order valence-electron chi connectivity index (χ2n) is 7.23. The molecule has 160 valence electrons. The molecule has 0 aliphatic carbocycles. The van der Waals surface area contributed by atoms with Crippen LogP contribution in [0.5, 0.6) is 0 Å². The van der Waals surface area contributed by atoms with E-state index in [2.05, 4.69) is 22.0 Å². The summed E-state index contributed by atoms with van der Waals surface area (Å²) in [6.45, 7) is 8.24. The molecule has 1 aliphatic heterocycles. The number of furan rings is 1. The highest BCUT2D eigenvalue weighted by molar-refractivity contribution is 6.31. The quantitative estimate of drug-likeness (QED) is 0.417. The molecule has 3 atom stereocenters. The topological polar surface area (TPSA) is 143 Å². The molecule has 1 saturated heterocycles. The maximum Gasteiger partial charge on any atom is 0.263 e. The Morgan fingerprint density at radius 2 is 2.27 bits per heavy atom. The minimum atomic E-state index is -0.589. The van der Waals surface area contributed by atoms with Crippen molar-refractivity contribution in [3.8, 4) is 0 Å². The van der Waals surface area contributed by atoms with Gasteiger partial charge in [0.25, 0.3) is 5.91 Å². The molecule has 30 heavy (non-hydrogen) atoms. The number of likely N-dealkylation sites (tertiary alicyclic amines) is 1. The number of aromatic nitrogens is 1. The molecular weight excluding hydrogens is 408 g/mol. The lowest BCUT2D eigenvalue weighted by Gasteiger charge is -2.41. The fourth-order valence-corrected chi connectivity index (χ4v) is 3.80. The molecule has 0 aromatic carbocycles. The van der Waals surface area contributed by atoms with Gasteiger partial charge in [0.15, 0.2) is 5.58 Å². The van der Waals surface area contributed by atoms with Crippen molar-refractivity contribution >= 4 is 41.2 Å². The molecule has 3 heterocycles. The van der Waals surface area contributed by atoms with Crippen molar-refractivity contribution in [2.24, 2.45) is 16.6 Å². The molecule has 9 nitrogen and oxygen atoms in total.